The average Bonchev–Trinajstić information content (AvgIpc) is 3.04. The van der Waals surface area contributed by atoms with Gasteiger partial charge in [0.1, 0.15) is 0 Å². The van der Waals surface area contributed by atoms with Gasteiger partial charge >= 0.3 is 0 Å². The minimum absolute atomic E-state index is 0.0243. The number of hydrogen-bond acceptors (Lipinski definition) is 2. The van der Waals surface area contributed by atoms with Gasteiger partial charge in [-0.3, -0.25) is 9.59 Å². The fraction of sp³-hybridized carbons (Fsp3) is 0.143. The molecule has 3 aromatic carbocycles. The van der Waals surface area contributed by atoms with E-state index in [1.165, 1.54) is 0 Å². The van der Waals surface area contributed by atoms with Gasteiger partial charge in [-0.1, -0.05) is 42.5 Å². The number of carbonyl (C=O) groups excluding carboxylic acids is 2. The highest BCUT2D eigenvalue weighted by Crippen LogP contribution is 2.31. The van der Waals surface area contributed by atoms with Gasteiger partial charge in [0, 0.05) is 30.4 Å². The molecule has 1 aliphatic rings. The second-order valence-corrected chi connectivity index (χ2v) is 6.24. The van der Waals surface area contributed by atoms with Gasteiger partial charge in [-0.25, -0.2) is 0 Å². The third kappa shape index (κ3) is 2.76. The van der Waals surface area contributed by atoms with Crippen LogP contribution in [-0.2, 0) is 11.2 Å². The van der Waals surface area contributed by atoms with Gasteiger partial charge in [-0.05, 0) is 41.0 Å². The van der Waals surface area contributed by atoms with Crippen LogP contribution in [0.25, 0.3) is 10.8 Å². The number of hydrogen-bond donors (Lipinski definition) is 1. The number of nitrogens with zero attached hydrogens (tertiary/aromatic N) is 1. The Balaban J connectivity index is 1.65. The third-order valence-corrected chi connectivity index (χ3v) is 4.65. The normalized spacial score (nSPS) is 12.9. The van der Waals surface area contributed by atoms with E-state index < -0.39 is 0 Å². The SMILES string of the molecule is CC(=O)N1CCc2ccc(NC(=O)c3cccc4ccccc34)cc21. The van der Waals surface area contributed by atoms with Crippen LogP contribution < -0.4 is 10.2 Å². The average molecular weight is 330 g/mol. The lowest BCUT2D eigenvalue weighted by molar-refractivity contribution is -0.116. The van der Waals surface area contributed by atoms with Gasteiger partial charge < -0.3 is 10.2 Å². The number of benzene rings is 3. The Hall–Kier alpha value is -3.14. The summed E-state index contributed by atoms with van der Waals surface area (Å²) in [5.74, 6) is -0.125. The number of rotatable bonds is 2. The van der Waals surface area contributed by atoms with Crippen molar-refractivity contribution in [1.29, 1.82) is 0 Å². The van der Waals surface area contributed by atoms with Crippen LogP contribution in [0.1, 0.15) is 22.8 Å². The van der Waals surface area contributed by atoms with E-state index in [2.05, 4.69) is 5.32 Å². The maximum Gasteiger partial charge on any atom is 0.256 e. The van der Waals surface area contributed by atoms with Crippen LogP contribution in [-0.4, -0.2) is 18.4 Å². The third-order valence-electron chi connectivity index (χ3n) is 4.65. The van der Waals surface area contributed by atoms with Crippen LogP contribution in [0, 0.1) is 0 Å². The molecule has 25 heavy (non-hydrogen) atoms. The molecule has 1 aliphatic heterocycles. The second kappa shape index (κ2) is 6.06. The molecule has 2 amide bonds. The predicted octanol–water partition coefficient (Wildman–Crippen LogP) is 4.00. The van der Waals surface area contributed by atoms with Crippen molar-refractivity contribution < 1.29 is 9.59 Å². The van der Waals surface area contributed by atoms with E-state index >= 15 is 0 Å². The molecule has 4 nitrogen and oxygen atoms in total. The zero-order valence-corrected chi connectivity index (χ0v) is 14.0. The number of carbonyl (C=O) groups is 2. The van der Waals surface area contributed by atoms with Gasteiger partial charge in [-0.15, -0.1) is 0 Å². The Morgan fingerprint density at radius 1 is 1.00 bits per heavy atom. The molecule has 0 unspecified atom stereocenters. The van der Waals surface area contributed by atoms with Crippen molar-refractivity contribution in [2.75, 3.05) is 16.8 Å². The molecule has 0 aliphatic carbocycles. The minimum atomic E-state index is -0.149. The summed E-state index contributed by atoms with van der Waals surface area (Å²) in [7, 11) is 0. The largest absolute Gasteiger partial charge is 0.322 e. The van der Waals surface area contributed by atoms with Gasteiger partial charge in [0.25, 0.3) is 5.91 Å². The maximum atomic E-state index is 12.8. The first-order valence-corrected chi connectivity index (χ1v) is 8.33. The molecule has 0 spiro atoms. The summed E-state index contributed by atoms with van der Waals surface area (Å²) in [6, 6.07) is 19.3. The molecule has 0 aromatic heterocycles. The Morgan fingerprint density at radius 3 is 2.64 bits per heavy atom. The molecule has 0 saturated carbocycles. The summed E-state index contributed by atoms with van der Waals surface area (Å²) in [4.78, 5) is 26.3. The highest BCUT2D eigenvalue weighted by molar-refractivity contribution is 6.13. The van der Waals surface area contributed by atoms with Crippen molar-refractivity contribution in [3.8, 4) is 0 Å². The fourth-order valence-corrected chi connectivity index (χ4v) is 3.41. The molecule has 0 saturated heterocycles. The quantitative estimate of drug-likeness (QED) is 0.772. The van der Waals surface area contributed by atoms with E-state index in [0.717, 1.165) is 28.4 Å². The molecular weight excluding hydrogens is 312 g/mol. The van der Waals surface area contributed by atoms with Crippen LogP contribution in [0.5, 0.6) is 0 Å². The van der Waals surface area contributed by atoms with E-state index in [-0.39, 0.29) is 11.8 Å². The van der Waals surface area contributed by atoms with Crippen LogP contribution in [0.4, 0.5) is 11.4 Å². The van der Waals surface area contributed by atoms with E-state index in [0.29, 0.717) is 17.8 Å². The van der Waals surface area contributed by atoms with Crippen molar-refractivity contribution in [2.45, 2.75) is 13.3 Å². The summed E-state index contributed by atoms with van der Waals surface area (Å²) < 4.78 is 0. The first kappa shape index (κ1) is 15.4. The van der Waals surface area contributed by atoms with E-state index in [1.54, 1.807) is 11.8 Å². The molecule has 0 radical (unpaired) electrons. The van der Waals surface area contributed by atoms with E-state index in [4.69, 9.17) is 0 Å². The smallest absolute Gasteiger partial charge is 0.256 e. The van der Waals surface area contributed by atoms with E-state index in [1.807, 2.05) is 60.7 Å². The Bertz CT molecular complexity index is 989. The van der Waals surface area contributed by atoms with Gasteiger partial charge in [0.2, 0.25) is 5.91 Å². The Labute approximate surface area is 146 Å². The van der Waals surface area contributed by atoms with Crippen molar-refractivity contribution in [3.63, 3.8) is 0 Å². The van der Waals surface area contributed by atoms with Gasteiger partial charge in [0.15, 0.2) is 0 Å². The first-order valence-electron chi connectivity index (χ1n) is 8.33. The lowest BCUT2D eigenvalue weighted by atomic mass is 10.0. The van der Waals surface area contributed by atoms with Crippen LogP contribution in [0.15, 0.2) is 60.7 Å². The van der Waals surface area contributed by atoms with Crippen LogP contribution in [0.3, 0.4) is 0 Å². The van der Waals surface area contributed by atoms with Crippen molar-refractivity contribution in [3.05, 3.63) is 71.8 Å². The van der Waals surface area contributed by atoms with Crippen LogP contribution in [0.2, 0.25) is 0 Å². The van der Waals surface area contributed by atoms with Crippen molar-refractivity contribution in [1.82, 2.24) is 0 Å². The monoisotopic (exact) mass is 330 g/mol. The molecule has 0 fully saturated rings. The Kier molecular flexibility index (Phi) is 3.73. The zero-order chi connectivity index (χ0) is 17.4. The van der Waals surface area contributed by atoms with Crippen molar-refractivity contribution >= 4 is 34.0 Å². The van der Waals surface area contributed by atoms with Gasteiger partial charge in [0.05, 0.1) is 0 Å². The molecule has 4 rings (SSSR count). The second-order valence-electron chi connectivity index (χ2n) is 6.24. The van der Waals surface area contributed by atoms with E-state index in [9.17, 15) is 9.59 Å². The lowest BCUT2D eigenvalue weighted by Crippen LogP contribution is -2.25. The first-order chi connectivity index (χ1) is 12.1. The molecule has 1 heterocycles. The molecular formula is C21H18N2O2. The molecule has 3 aromatic rings. The highest BCUT2D eigenvalue weighted by Gasteiger charge is 2.22. The summed E-state index contributed by atoms with van der Waals surface area (Å²) in [5.41, 5.74) is 3.37. The molecule has 0 bridgehead atoms. The standard InChI is InChI=1S/C21H18N2O2/c1-14(24)23-12-11-16-9-10-17(13-20(16)23)22-21(25)19-8-4-6-15-5-2-3-7-18(15)19/h2-10,13H,11-12H2,1H3,(H,22,25). The summed E-state index contributed by atoms with van der Waals surface area (Å²) in [5, 5.41) is 4.92. The molecule has 4 heteroatoms. The Morgan fingerprint density at radius 2 is 1.80 bits per heavy atom. The summed E-state index contributed by atoms with van der Waals surface area (Å²) in [6.07, 6.45) is 0.854. The summed E-state index contributed by atoms with van der Waals surface area (Å²) in [6.45, 7) is 2.27. The van der Waals surface area contributed by atoms with Crippen LogP contribution >= 0.6 is 0 Å². The van der Waals surface area contributed by atoms with Crippen molar-refractivity contribution in [2.24, 2.45) is 0 Å². The topological polar surface area (TPSA) is 49.4 Å². The predicted molar refractivity (Wildman–Crippen MR) is 100 cm³/mol. The molecule has 0 atom stereocenters. The minimum Gasteiger partial charge on any atom is -0.322 e. The number of anilines is 2. The molecule has 124 valence electrons. The molecule has 1 N–H and O–H groups in total. The number of amides is 2. The number of fused-ring (bicyclic) bond motifs is 2. The highest BCUT2D eigenvalue weighted by atomic mass is 16.2. The number of nitrogens with one attached hydrogen (secondary N) is 1. The fourth-order valence-electron chi connectivity index (χ4n) is 3.41. The summed E-state index contributed by atoms with van der Waals surface area (Å²) >= 11 is 0. The van der Waals surface area contributed by atoms with Gasteiger partial charge in [-0.2, -0.15) is 0 Å². The lowest BCUT2D eigenvalue weighted by Gasteiger charge is -2.16. The maximum absolute atomic E-state index is 12.8. The zero-order valence-electron chi connectivity index (χ0n) is 14.0.